The van der Waals surface area contributed by atoms with E-state index in [9.17, 15) is 0 Å². The highest BCUT2D eigenvalue weighted by molar-refractivity contribution is 9.10. The highest BCUT2D eigenvalue weighted by Crippen LogP contribution is 2.30. The zero-order valence-corrected chi connectivity index (χ0v) is 13.3. The zero-order valence-electron chi connectivity index (χ0n) is 11.7. The summed E-state index contributed by atoms with van der Waals surface area (Å²) in [7, 11) is 1.80. The molecule has 1 saturated heterocycles. The van der Waals surface area contributed by atoms with E-state index in [1.54, 1.807) is 7.11 Å². The van der Waals surface area contributed by atoms with Crippen molar-refractivity contribution in [1.82, 2.24) is 4.90 Å². The van der Waals surface area contributed by atoms with Crippen LogP contribution in [0.1, 0.15) is 30.0 Å². The lowest BCUT2D eigenvalue weighted by Gasteiger charge is -2.37. The van der Waals surface area contributed by atoms with Crippen LogP contribution in [0.2, 0.25) is 0 Å². The fourth-order valence-electron chi connectivity index (χ4n) is 2.82. The van der Waals surface area contributed by atoms with Crippen molar-refractivity contribution in [3.05, 3.63) is 33.8 Å². The first-order valence-corrected chi connectivity index (χ1v) is 7.68. The molecule has 2 rings (SSSR count). The SMILES string of the molecule is COC1CCCN(C(CN)c2ccc(C)cc2Br)C1. The van der Waals surface area contributed by atoms with Crippen molar-refractivity contribution in [2.75, 3.05) is 26.7 Å². The summed E-state index contributed by atoms with van der Waals surface area (Å²) in [6.07, 6.45) is 2.67. The van der Waals surface area contributed by atoms with Gasteiger partial charge in [-0.05, 0) is 43.5 Å². The van der Waals surface area contributed by atoms with E-state index in [2.05, 4.69) is 46.0 Å². The van der Waals surface area contributed by atoms with Gasteiger partial charge in [-0.3, -0.25) is 4.90 Å². The minimum atomic E-state index is 0.271. The van der Waals surface area contributed by atoms with Crippen LogP contribution in [0, 0.1) is 6.92 Å². The van der Waals surface area contributed by atoms with Gasteiger partial charge in [-0.1, -0.05) is 28.1 Å². The third kappa shape index (κ3) is 3.57. The molecule has 0 amide bonds. The average Bonchev–Trinajstić information content (AvgIpc) is 2.42. The molecule has 19 heavy (non-hydrogen) atoms. The Morgan fingerprint density at radius 3 is 2.95 bits per heavy atom. The minimum absolute atomic E-state index is 0.271. The molecule has 3 nitrogen and oxygen atoms in total. The third-order valence-electron chi connectivity index (χ3n) is 3.92. The Bertz CT molecular complexity index is 425. The summed E-state index contributed by atoms with van der Waals surface area (Å²) in [6, 6.07) is 6.77. The average molecular weight is 327 g/mol. The van der Waals surface area contributed by atoms with Gasteiger partial charge in [-0.15, -0.1) is 0 Å². The number of rotatable bonds is 4. The standard InChI is InChI=1S/C15H23BrN2O/c1-11-5-6-13(14(16)8-11)15(9-17)18-7-3-4-12(10-18)19-2/h5-6,8,12,15H,3-4,7,9-10,17H2,1-2H3. The summed E-state index contributed by atoms with van der Waals surface area (Å²) in [5.74, 6) is 0. The number of piperidine rings is 1. The molecule has 1 fully saturated rings. The van der Waals surface area contributed by atoms with E-state index in [1.807, 2.05) is 0 Å². The van der Waals surface area contributed by atoms with Crippen molar-refractivity contribution in [3.8, 4) is 0 Å². The quantitative estimate of drug-likeness (QED) is 0.924. The van der Waals surface area contributed by atoms with Gasteiger partial charge in [0.15, 0.2) is 0 Å². The van der Waals surface area contributed by atoms with Crippen LogP contribution in [0.4, 0.5) is 0 Å². The van der Waals surface area contributed by atoms with Crippen LogP contribution in [0.15, 0.2) is 22.7 Å². The molecule has 0 bridgehead atoms. The first-order valence-electron chi connectivity index (χ1n) is 6.88. The summed E-state index contributed by atoms with van der Waals surface area (Å²) >= 11 is 3.67. The molecule has 1 aromatic rings. The lowest BCUT2D eigenvalue weighted by Crippen LogP contribution is -2.43. The van der Waals surface area contributed by atoms with Crippen LogP contribution in [-0.4, -0.2) is 37.7 Å². The number of halogens is 1. The van der Waals surface area contributed by atoms with Crippen LogP contribution < -0.4 is 5.73 Å². The molecule has 0 radical (unpaired) electrons. The largest absolute Gasteiger partial charge is 0.380 e. The van der Waals surface area contributed by atoms with E-state index >= 15 is 0 Å². The number of ether oxygens (including phenoxy) is 1. The predicted octanol–water partition coefficient (Wildman–Crippen LogP) is 2.87. The van der Waals surface area contributed by atoms with Gasteiger partial charge in [-0.2, -0.15) is 0 Å². The Labute approximate surface area is 124 Å². The van der Waals surface area contributed by atoms with Crippen molar-refractivity contribution in [2.24, 2.45) is 5.73 Å². The van der Waals surface area contributed by atoms with Gasteiger partial charge >= 0.3 is 0 Å². The molecule has 0 aliphatic carbocycles. The molecule has 2 N–H and O–H groups in total. The number of nitrogens with zero attached hydrogens (tertiary/aromatic N) is 1. The van der Waals surface area contributed by atoms with Crippen molar-refractivity contribution in [3.63, 3.8) is 0 Å². The van der Waals surface area contributed by atoms with E-state index < -0.39 is 0 Å². The zero-order chi connectivity index (χ0) is 13.8. The van der Waals surface area contributed by atoms with Gasteiger partial charge in [0.25, 0.3) is 0 Å². The van der Waals surface area contributed by atoms with Gasteiger partial charge in [0.1, 0.15) is 0 Å². The molecular weight excluding hydrogens is 304 g/mol. The van der Waals surface area contributed by atoms with Crippen molar-refractivity contribution < 1.29 is 4.74 Å². The lowest BCUT2D eigenvalue weighted by atomic mass is 9.99. The van der Waals surface area contributed by atoms with Crippen molar-refractivity contribution in [1.29, 1.82) is 0 Å². The van der Waals surface area contributed by atoms with Gasteiger partial charge in [0, 0.05) is 30.7 Å². The number of hydrogen-bond acceptors (Lipinski definition) is 3. The molecule has 1 heterocycles. The first-order chi connectivity index (χ1) is 9.15. The summed E-state index contributed by atoms with van der Waals surface area (Å²) in [4.78, 5) is 2.45. The first kappa shape index (κ1) is 15.0. The van der Waals surface area contributed by atoms with E-state index in [0.29, 0.717) is 12.6 Å². The second-order valence-electron chi connectivity index (χ2n) is 5.27. The maximum absolute atomic E-state index is 6.03. The Balaban J connectivity index is 2.19. The number of hydrogen-bond donors (Lipinski definition) is 1. The Hall–Kier alpha value is -0.420. The lowest BCUT2D eigenvalue weighted by molar-refractivity contribution is 0.0154. The van der Waals surface area contributed by atoms with Gasteiger partial charge in [-0.25, -0.2) is 0 Å². The molecular formula is C15H23BrN2O. The number of likely N-dealkylation sites (tertiary alicyclic amines) is 1. The van der Waals surface area contributed by atoms with Crippen molar-refractivity contribution in [2.45, 2.75) is 31.9 Å². The maximum atomic E-state index is 6.03. The van der Waals surface area contributed by atoms with E-state index in [0.717, 1.165) is 24.0 Å². The fraction of sp³-hybridized carbons (Fsp3) is 0.600. The number of aryl methyl sites for hydroxylation is 1. The molecule has 2 unspecified atom stereocenters. The van der Waals surface area contributed by atoms with Crippen molar-refractivity contribution >= 4 is 15.9 Å². The molecule has 2 atom stereocenters. The Morgan fingerprint density at radius 2 is 2.32 bits per heavy atom. The highest BCUT2D eigenvalue weighted by Gasteiger charge is 2.27. The fourth-order valence-corrected chi connectivity index (χ4v) is 3.57. The molecule has 0 aromatic heterocycles. The van der Waals surface area contributed by atoms with Crippen LogP contribution in [0.5, 0.6) is 0 Å². The molecule has 1 aliphatic rings. The topological polar surface area (TPSA) is 38.5 Å². The van der Waals surface area contributed by atoms with E-state index in [4.69, 9.17) is 10.5 Å². The molecule has 1 aromatic carbocycles. The molecule has 0 spiro atoms. The summed E-state index contributed by atoms with van der Waals surface area (Å²) in [6.45, 7) is 4.81. The second-order valence-corrected chi connectivity index (χ2v) is 6.13. The summed E-state index contributed by atoms with van der Waals surface area (Å²) in [5, 5.41) is 0. The molecule has 4 heteroatoms. The van der Waals surface area contributed by atoms with Crippen LogP contribution >= 0.6 is 15.9 Å². The summed E-state index contributed by atoms with van der Waals surface area (Å²) < 4.78 is 6.66. The number of benzene rings is 1. The third-order valence-corrected chi connectivity index (χ3v) is 4.61. The minimum Gasteiger partial charge on any atom is -0.380 e. The van der Waals surface area contributed by atoms with Gasteiger partial charge in [0.2, 0.25) is 0 Å². The van der Waals surface area contributed by atoms with Gasteiger partial charge < -0.3 is 10.5 Å². The molecule has 1 aliphatic heterocycles. The van der Waals surface area contributed by atoms with E-state index in [1.165, 1.54) is 17.5 Å². The highest BCUT2D eigenvalue weighted by atomic mass is 79.9. The maximum Gasteiger partial charge on any atom is 0.0698 e. The predicted molar refractivity (Wildman–Crippen MR) is 82.3 cm³/mol. The molecule has 106 valence electrons. The smallest absolute Gasteiger partial charge is 0.0698 e. The number of methoxy groups -OCH3 is 1. The monoisotopic (exact) mass is 326 g/mol. The van der Waals surface area contributed by atoms with Crippen LogP contribution in [-0.2, 0) is 4.74 Å². The van der Waals surface area contributed by atoms with Gasteiger partial charge in [0.05, 0.1) is 6.10 Å². The number of nitrogens with two attached hydrogens (primary N) is 1. The Morgan fingerprint density at radius 1 is 1.53 bits per heavy atom. The normalized spacial score (nSPS) is 22.4. The molecule has 0 saturated carbocycles. The Kier molecular flexibility index (Phi) is 5.39. The van der Waals surface area contributed by atoms with Crippen LogP contribution in [0.25, 0.3) is 0 Å². The summed E-state index contributed by atoms with van der Waals surface area (Å²) in [5.41, 5.74) is 8.57. The second kappa shape index (κ2) is 6.84. The van der Waals surface area contributed by atoms with Crippen LogP contribution in [0.3, 0.4) is 0 Å². The van der Waals surface area contributed by atoms with E-state index in [-0.39, 0.29) is 6.04 Å².